The third-order valence-corrected chi connectivity index (χ3v) is 7.50. The van der Waals surface area contributed by atoms with Crippen LogP contribution in [-0.4, -0.2) is 13.1 Å². The Balaban J connectivity index is 1.98. The van der Waals surface area contributed by atoms with E-state index in [1.165, 1.54) is 47.6 Å². The van der Waals surface area contributed by atoms with Gasteiger partial charge in [0.2, 0.25) is 0 Å². The van der Waals surface area contributed by atoms with Gasteiger partial charge in [-0.2, -0.15) is 0 Å². The summed E-state index contributed by atoms with van der Waals surface area (Å²) in [5.41, 5.74) is 5.47. The molecule has 0 aliphatic heterocycles. The number of rotatable bonds is 5. The maximum atomic E-state index is 4.89. The van der Waals surface area contributed by atoms with Crippen LogP contribution in [0.25, 0.3) is 11.3 Å². The quantitative estimate of drug-likeness (QED) is 0.589. The smallest absolute Gasteiger partial charge is 0.0799 e. The molecule has 0 saturated heterocycles. The first-order chi connectivity index (χ1) is 11.8. The fourth-order valence-corrected chi connectivity index (χ4v) is 5.74. The lowest BCUT2D eigenvalue weighted by atomic mass is 9.94. The molecule has 2 aromatic rings. The highest BCUT2D eigenvalue weighted by Crippen LogP contribution is 2.35. The van der Waals surface area contributed by atoms with Gasteiger partial charge in [-0.15, -0.1) is 0 Å². The molecule has 1 fully saturated rings. The summed E-state index contributed by atoms with van der Waals surface area (Å²) in [7, 11) is -1.36. The van der Waals surface area contributed by atoms with Crippen molar-refractivity contribution in [3.05, 3.63) is 47.7 Å². The summed E-state index contributed by atoms with van der Waals surface area (Å²) in [6.07, 6.45) is 8.81. The summed E-state index contributed by atoms with van der Waals surface area (Å²) >= 11 is 0. The normalized spacial score (nSPS) is 15.9. The maximum Gasteiger partial charge on any atom is 0.0799 e. The monoisotopic (exact) mass is 351 g/mol. The third kappa shape index (κ3) is 4.41. The van der Waals surface area contributed by atoms with Crippen molar-refractivity contribution in [3.8, 4) is 11.3 Å². The average molecular weight is 352 g/mol. The Morgan fingerprint density at radius 3 is 2.44 bits per heavy atom. The van der Waals surface area contributed by atoms with Crippen LogP contribution in [0.4, 0.5) is 0 Å². The van der Waals surface area contributed by atoms with Crippen molar-refractivity contribution in [1.82, 2.24) is 4.98 Å². The van der Waals surface area contributed by atoms with E-state index >= 15 is 0 Å². The molecule has 1 aromatic carbocycles. The Kier molecular flexibility index (Phi) is 5.48. The highest BCUT2D eigenvalue weighted by molar-refractivity contribution is 6.89. The molecule has 1 aliphatic carbocycles. The van der Waals surface area contributed by atoms with Gasteiger partial charge in [0, 0.05) is 11.8 Å². The van der Waals surface area contributed by atoms with Gasteiger partial charge in [0.05, 0.1) is 13.8 Å². The van der Waals surface area contributed by atoms with Crippen LogP contribution in [0.1, 0.15) is 56.6 Å². The van der Waals surface area contributed by atoms with Crippen molar-refractivity contribution in [2.24, 2.45) is 5.92 Å². The van der Waals surface area contributed by atoms with Crippen LogP contribution in [0.3, 0.4) is 0 Å². The first kappa shape index (κ1) is 18.4. The van der Waals surface area contributed by atoms with Crippen LogP contribution >= 0.6 is 0 Å². The summed E-state index contributed by atoms with van der Waals surface area (Å²) in [4.78, 5) is 4.89. The van der Waals surface area contributed by atoms with Gasteiger partial charge in [0.15, 0.2) is 0 Å². The molecule has 1 aliphatic rings. The van der Waals surface area contributed by atoms with E-state index in [2.05, 4.69) is 70.0 Å². The minimum Gasteiger partial charge on any atom is -0.256 e. The van der Waals surface area contributed by atoms with Gasteiger partial charge in [-0.25, -0.2) is 0 Å². The lowest BCUT2D eigenvalue weighted by molar-refractivity contribution is 0.649. The summed E-state index contributed by atoms with van der Waals surface area (Å²) in [6.45, 7) is 11.9. The van der Waals surface area contributed by atoms with E-state index in [4.69, 9.17) is 4.98 Å². The summed E-state index contributed by atoms with van der Waals surface area (Å²) in [5.74, 6) is 1.44. The predicted octanol–water partition coefficient (Wildman–Crippen LogP) is 6.15. The van der Waals surface area contributed by atoms with Gasteiger partial charge in [-0.3, -0.25) is 4.98 Å². The second kappa shape index (κ2) is 7.45. The molecule has 25 heavy (non-hydrogen) atoms. The van der Waals surface area contributed by atoms with Crippen molar-refractivity contribution in [1.29, 1.82) is 0 Å². The molecule has 0 atom stereocenters. The number of hydrogen-bond donors (Lipinski definition) is 0. The zero-order chi connectivity index (χ0) is 18.0. The molecule has 2 heteroatoms. The van der Waals surface area contributed by atoms with E-state index in [9.17, 15) is 0 Å². The molecule has 1 aromatic heterocycles. The lowest BCUT2D eigenvalue weighted by Gasteiger charge is -2.22. The molecule has 1 nitrogen and oxygen atoms in total. The van der Waals surface area contributed by atoms with Gasteiger partial charge in [-0.05, 0) is 59.5 Å². The SMILES string of the molecule is CC(C)Cc1cc(-c2cccc(C3CCCC3)c2)ncc1[Si](C)(C)C. The van der Waals surface area contributed by atoms with Crippen LogP contribution in [0, 0.1) is 5.92 Å². The fraction of sp³-hybridized carbons (Fsp3) is 0.522. The largest absolute Gasteiger partial charge is 0.256 e. The molecule has 0 amide bonds. The Hall–Kier alpha value is -1.41. The Morgan fingerprint density at radius 2 is 1.80 bits per heavy atom. The molecule has 0 radical (unpaired) electrons. The highest BCUT2D eigenvalue weighted by Gasteiger charge is 2.22. The molecule has 1 saturated carbocycles. The van der Waals surface area contributed by atoms with Gasteiger partial charge in [0.1, 0.15) is 0 Å². The van der Waals surface area contributed by atoms with Gasteiger partial charge >= 0.3 is 0 Å². The van der Waals surface area contributed by atoms with Crippen LogP contribution < -0.4 is 5.19 Å². The molecule has 134 valence electrons. The van der Waals surface area contributed by atoms with Crippen LogP contribution in [-0.2, 0) is 6.42 Å². The summed E-state index contributed by atoms with van der Waals surface area (Å²) < 4.78 is 0. The zero-order valence-corrected chi connectivity index (χ0v) is 17.6. The van der Waals surface area contributed by atoms with Crippen molar-refractivity contribution in [2.45, 2.75) is 71.5 Å². The van der Waals surface area contributed by atoms with E-state index in [-0.39, 0.29) is 0 Å². The molecular formula is C23H33NSi. The molecule has 3 rings (SSSR count). The van der Waals surface area contributed by atoms with Crippen LogP contribution in [0.15, 0.2) is 36.5 Å². The lowest BCUT2D eigenvalue weighted by Crippen LogP contribution is -2.40. The van der Waals surface area contributed by atoms with Crippen molar-refractivity contribution >= 4 is 13.3 Å². The van der Waals surface area contributed by atoms with E-state index in [0.717, 1.165) is 18.0 Å². The number of hydrogen-bond acceptors (Lipinski definition) is 1. The number of benzene rings is 1. The van der Waals surface area contributed by atoms with E-state index in [1.54, 1.807) is 0 Å². The molecular weight excluding hydrogens is 318 g/mol. The molecule has 0 unspecified atom stereocenters. The van der Waals surface area contributed by atoms with Gasteiger partial charge in [-0.1, -0.05) is 64.5 Å². The molecule has 1 heterocycles. The third-order valence-electron chi connectivity index (χ3n) is 5.43. The summed E-state index contributed by atoms with van der Waals surface area (Å²) in [5, 5.41) is 1.52. The first-order valence-corrected chi connectivity index (χ1v) is 13.4. The minimum absolute atomic E-state index is 0.676. The Labute approximate surface area is 154 Å². The topological polar surface area (TPSA) is 12.9 Å². The average Bonchev–Trinajstić information content (AvgIpc) is 3.08. The number of aromatic nitrogens is 1. The zero-order valence-electron chi connectivity index (χ0n) is 16.6. The van der Waals surface area contributed by atoms with Crippen LogP contribution in [0.5, 0.6) is 0 Å². The number of nitrogens with zero attached hydrogens (tertiary/aromatic N) is 1. The minimum atomic E-state index is -1.36. The predicted molar refractivity (Wildman–Crippen MR) is 112 cm³/mol. The molecule has 0 bridgehead atoms. The Bertz CT molecular complexity index is 721. The molecule has 0 N–H and O–H groups in total. The van der Waals surface area contributed by atoms with E-state index in [0.29, 0.717) is 5.92 Å². The van der Waals surface area contributed by atoms with Crippen LogP contribution in [0.2, 0.25) is 19.6 Å². The molecule has 0 spiro atoms. The highest BCUT2D eigenvalue weighted by atomic mass is 28.3. The number of pyridine rings is 1. The van der Waals surface area contributed by atoms with Crippen molar-refractivity contribution in [3.63, 3.8) is 0 Å². The van der Waals surface area contributed by atoms with Crippen molar-refractivity contribution in [2.75, 3.05) is 0 Å². The van der Waals surface area contributed by atoms with Gasteiger partial charge in [0.25, 0.3) is 0 Å². The van der Waals surface area contributed by atoms with E-state index < -0.39 is 8.07 Å². The Morgan fingerprint density at radius 1 is 1.08 bits per heavy atom. The summed E-state index contributed by atoms with van der Waals surface area (Å²) in [6, 6.07) is 11.5. The van der Waals surface area contributed by atoms with Gasteiger partial charge < -0.3 is 0 Å². The standard InChI is InChI=1S/C23H33NSi/c1-17(2)13-21-15-22(24-16-23(21)25(3,4)5)20-12-8-11-19(14-20)18-9-6-7-10-18/h8,11-12,14-18H,6-7,9-10,13H2,1-5H3. The van der Waals surface area contributed by atoms with Crippen molar-refractivity contribution < 1.29 is 0 Å². The first-order valence-electron chi connectivity index (χ1n) is 9.94. The van der Waals surface area contributed by atoms with E-state index in [1.807, 2.05) is 0 Å². The maximum absolute atomic E-state index is 4.89. The second-order valence-electron chi connectivity index (χ2n) is 9.18. The second-order valence-corrected chi connectivity index (χ2v) is 14.2. The fourth-order valence-electron chi connectivity index (χ4n) is 4.15.